The quantitative estimate of drug-likeness (QED) is 0.849. The molecule has 4 nitrogen and oxygen atoms in total. The van der Waals surface area contributed by atoms with E-state index in [0.29, 0.717) is 5.75 Å². The molecule has 2 N–H and O–H groups in total. The minimum absolute atomic E-state index is 0.117. The van der Waals surface area contributed by atoms with Gasteiger partial charge in [-0.3, -0.25) is 0 Å². The average Bonchev–Trinajstić information content (AvgIpc) is 2.25. The fourth-order valence-electron chi connectivity index (χ4n) is 1.44. The van der Waals surface area contributed by atoms with Gasteiger partial charge in [-0.2, -0.15) is 0 Å². The Kier molecular flexibility index (Phi) is 5.62. The highest BCUT2D eigenvalue weighted by Crippen LogP contribution is 2.27. The van der Waals surface area contributed by atoms with Crippen molar-refractivity contribution < 1.29 is 14.3 Å². The molecule has 0 bridgehead atoms. The first-order chi connectivity index (χ1) is 8.40. The molecule has 100 valence electrons. The Balaban J connectivity index is 2.71. The van der Waals surface area contributed by atoms with E-state index in [2.05, 4.69) is 15.9 Å². The molecule has 1 aromatic carbocycles. The Hall–Kier alpha value is -1.07. The van der Waals surface area contributed by atoms with Crippen LogP contribution in [0.2, 0.25) is 0 Å². The molecule has 0 unspecified atom stereocenters. The lowest BCUT2D eigenvalue weighted by Gasteiger charge is -2.14. The zero-order valence-electron chi connectivity index (χ0n) is 10.8. The second-order valence-electron chi connectivity index (χ2n) is 4.30. The molecule has 0 heterocycles. The summed E-state index contributed by atoms with van der Waals surface area (Å²) in [4.78, 5) is 11.4. The first-order valence-electron chi connectivity index (χ1n) is 5.77. The molecular weight excluding hydrogens is 298 g/mol. The van der Waals surface area contributed by atoms with Crippen molar-refractivity contribution in [1.29, 1.82) is 0 Å². The first kappa shape index (κ1) is 15.0. The number of benzene rings is 1. The van der Waals surface area contributed by atoms with Gasteiger partial charge < -0.3 is 15.2 Å². The molecular formula is C13H18BrNO3. The van der Waals surface area contributed by atoms with Gasteiger partial charge in [0.25, 0.3) is 0 Å². The van der Waals surface area contributed by atoms with Crippen LogP contribution >= 0.6 is 15.9 Å². The molecule has 1 rings (SSSR count). The van der Waals surface area contributed by atoms with Crippen LogP contribution in [0.15, 0.2) is 22.7 Å². The van der Waals surface area contributed by atoms with E-state index < -0.39 is 0 Å². The fourth-order valence-corrected chi connectivity index (χ4v) is 1.78. The van der Waals surface area contributed by atoms with Gasteiger partial charge in [0, 0.05) is 16.1 Å². The van der Waals surface area contributed by atoms with Crippen molar-refractivity contribution in [2.75, 3.05) is 6.61 Å². The summed E-state index contributed by atoms with van der Waals surface area (Å²) in [5.41, 5.74) is 6.70. The number of hydrogen-bond donors (Lipinski definition) is 1. The lowest BCUT2D eigenvalue weighted by atomic mass is 10.1. The third kappa shape index (κ3) is 4.66. The summed E-state index contributed by atoms with van der Waals surface area (Å²) in [5, 5.41) is 0. The molecule has 0 aliphatic carbocycles. The third-order valence-corrected chi connectivity index (χ3v) is 2.67. The number of esters is 1. The van der Waals surface area contributed by atoms with Gasteiger partial charge in [-0.15, -0.1) is 0 Å². The van der Waals surface area contributed by atoms with Crippen molar-refractivity contribution in [2.45, 2.75) is 32.9 Å². The highest BCUT2D eigenvalue weighted by molar-refractivity contribution is 9.10. The molecule has 0 aromatic heterocycles. The number of halogens is 1. The number of hydrogen-bond acceptors (Lipinski definition) is 4. The van der Waals surface area contributed by atoms with E-state index in [0.717, 1.165) is 10.0 Å². The van der Waals surface area contributed by atoms with Crippen molar-refractivity contribution in [3.8, 4) is 5.75 Å². The van der Waals surface area contributed by atoms with E-state index in [1.54, 1.807) is 19.9 Å². The largest absolute Gasteiger partial charge is 0.482 e. The van der Waals surface area contributed by atoms with Crippen LogP contribution < -0.4 is 10.5 Å². The second kappa shape index (κ2) is 6.75. The summed E-state index contributed by atoms with van der Waals surface area (Å²) >= 11 is 3.36. The number of carbonyl (C=O) groups excluding carboxylic acids is 1. The van der Waals surface area contributed by atoms with Gasteiger partial charge in [-0.1, -0.05) is 22.0 Å². The van der Waals surface area contributed by atoms with Gasteiger partial charge in [-0.05, 0) is 32.9 Å². The van der Waals surface area contributed by atoms with Gasteiger partial charge in [0.2, 0.25) is 0 Å². The highest BCUT2D eigenvalue weighted by Gasteiger charge is 2.12. The molecule has 0 saturated carbocycles. The van der Waals surface area contributed by atoms with Gasteiger partial charge in [0.15, 0.2) is 6.61 Å². The van der Waals surface area contributed by atoms with Gasteiger partial charge in [0.1, 0.15) is 5.75 Å². The highest BCUT2D eigenvalue weighted by atomic mass is 79.9. The molecule has 0 saturated heterocycles. The molecule has 0 radical (unpaired) electrons. The zero-order chi connectivity index (χ0) is 13.7. The van der Waals surface area contributed by atoms with Crippen LogP contribution in [-0.2, 0) is 9.53 Å². The number of ether oxygens (including phenoxy) is 2. The summed E-state index contributed by atoms with van der Waals surface area (Å²) in [7, 11) is 0. The van der Waals surface area contributed by atoms with E-state index in [1.165, 1.54) is 0 Å². The summed E-state index contributed by atoms with van der Waals surface area (Å²) in [6, 6.07) is 5.39. The van der Waals surface area contributed by atoms with Crippen LogP contribution in [0.5, 0.6) is 5.75 Å². The summed E-state index contributed by atoms with van der Waals surface area (Å²) in [6.07, 6.45) is -0.142. The summed E-state index contributed by atoms with van der Waals surface area (Å²) in [5.74, 6) is 0.209. The first-order valence-corrected chi connectivity index (χ1v) is 6.56. The van der Waals surface area contributed by atoms with Gasteiger partial charge in [-0.25, -0.2) is 4.79 Å². The maximum absolute atomic E-state index is 11.4. The SMILES string of the molecule is CC(C)OC(=O)COc1cc(Br)ccc1[C@@H](C)N. The number of nitrogens with two attached hydrogens (primary N) is 1. The lowest BCUT2D eigenvalue weighted by molar-refractivity contribution is -0.149. The van der Waals surface area contributed by atoms with Gasteiger partial charge >= 0.3 is 5.97 Å². The minimum Gasteiger partial charge on any atom is -0.482 e. The van der Waals surface area contributed by atoms with Crippen molar-refractivity contribution in [2.24, 2.45) is 5.73 Å². The Morgan fingerprint density at radius 1 is 1.39 bits per heavy atom. The molecule has 5 heteroatoms. The monoisotopic (exact) mass is 315 g/mol. The number of rotatable bonds is 5. The van der Waals surface area contributed by atoms with Crippen LogP contribution in [0.3, 0.4) is 0 Å². The Morgan fingerprint density at radius 2 is 2.06 bits per heavy atom. The molecule has 1 atom stereocenters. The summed E-state index contributed by atoms with van der Waals surface area (Å²) < 4.78 is 11.3. The molecule has 0 amide bonds. The predicted octanol–water partition coefficient (Wildman–Crippen LogP) is 2.80. The lowest BCUT2D eigenvalue weighted by Crippen LogP contribution is -2.19. The van der Waals surface area contributed by atoms with Gasteiger partial charge in [0.05, 0.1) is 6.10 Å². The number of carbonyl (C=O) groups is 1. The average molecular weight is 316 g/mol. The topological polar surface area (TPSA) is 61.5 Å². The maximum atomic E-state index is 11.4. The van der Waals surface area contributed by atoms with E-state index in [-0.39, 0.29) is 24.7 Å². The zero-order valence-corrected chi connectivity index (χ0v) is 12.4. The standard InChI is InChI=1S/C13H18BrNO3/c1-8(2)18-13(16)7-17-12-6-10(14)4-5-11(12)9(3)15/h4-6,8-9H,7,15H2,1-3H3/t9-/m1/s1. The normalized spacial score (nSPS) is 12.3. The Bertz CT molecular complexity index is 419. The van der Waals surface area contributed by atoms with Crippen LogP contribution in [0.1, 0.15) is 32.4 Å². The van der Waals surface area contributed by atoms with E-state index in [9.17, 15) is 4.79 Å². The molecule has 18 heavy (non-hydrogen) atoms. The molecule has 0 spiro atoms. The van der Waals surface area contributed by atoms with Crippen LogP contribution in [0.4, 0.5) is 0 Å². The van der Waals surface area contributed by atoms with Crippen LogP contribution in [-0.4, -0.2) is 18.7 Å². The van der Waals surface area contributed by atoms with Crippen molar-refractivity contribution in [3.63, 3.8) is 0 Å². The van der Waals surface area contributed by atoms with E-state index in [1.807, 2.05) is 19.1 Å². The van der Waals surface area contributed by atoms with Crippen LogP contribution in [0.25, 0.3) is 0 Å². The molecule has 0 fully saturated rings. The smallest absolute Gasteiger partial charge is 0.344 e. The van der Waals surface area contributed by atoms with E-state index >= 15 is 0 Å². The molecule has 1 aromatic rings. The summed E-state index contributed by atoms with van der Waals surface area (Å²) in [6.45, 7) is 5.34. The van der Waals surface area contributed by atoms with Crippen molar-refractivity contribution in [3.05, 3.63) is 28.2 Å². The van der Waals surface area contributed by atoms with Crippen molar-refractivity contribution >= 4 is 21.9 Å². The Morgan fingerprint density at radius 3 is 2.61 bits per heavy atom. The fraction of sp³-hybridized carbons (Fsp3) is 0.462. The van der Waals surface area contributed by atoms with Crippen LogP contribution in [0, 0.1) is 0 Å². The predicted molar refractivity (Wildman–Crippen MR) is 73.5 cm³/mol. The molecule has 0 aliphatic rings. The maximum Gasteiger partial charge on any atom is 0.344 e. The third-order valence-electron chi connectivity index (χ3n) is 2.18. The second-order valence-corrected chi connectivity index (χ2v) is 5.21. The Labute approximate surface area is 116 Å². The minimum atomic E-state index is -0.388. The van der Waals surface area contributed by atoms with E-state index in [4.69, 9.17) is 15.2 Å². The van der Waals surface area contributed by atoms with Crippen molar-refractivity contribution in [1.82, 2.24) is 0 Å². The molecule has 0 aliphatic heterocycles.